The molecule has 0 bridgehead atoms. The number of hydrogen-bond donors (Lipinski definition) is 3. The lowest BCUT2D eigenvalue weighted by Gasteiger charge is -2.40. The average molecular weight is 453 g/mol. The summed E-state index contributed by atoms with van der Waals surface area (Å²) in [7, 11) is 0. The van der Waals surface area contributed by atoms with Gasteiger partial charge in [-0.25, -0.2) is 0 Å². The predicted octanol–water partition coefficient (Wildman–Crippen LogP) is 4.54. The van der Waals surface area contributed by atoms with Crippen LogP contribution >= 0.6 is 11.6 Å². The summed E-state index contributed by atoms with van der Waals surface area (Å²) in [6.07, 6.45) is 7.79. The summed E-state index contributed by atoms with van der Waals surface area (Å²) in [6, 6.07) is 10.8. The zero-order valence-corrected chi connectivity index (χ0v) is 18.9. The molecule has 6 rings (SSSR count). The standard InChI is InChI=1S/C25H29ClN4O2/c26-19-2-3-22-20(12-19)18(14-28-22)1-4-23-21-13-25-24(31-29-32-25)11-17(21)7-10-30(23)15-16-5-8-27-9-6-16/h2-3,11-14,16,23,27-29H,1,4-10,15H2. The minimum atomic E-state index is 0.368. The number of nitrogens with one attached hydrogen (secondary N) is 3. The van der Waals surface area contributed by atoms with Gasteiger partial charge in [0.2, 0.25) is 0 Å². The molecule has 0 spiro atoms. The first-order valence-electron chi connectivity index (χ1n) is 11.7. The molecule has 32 heavy (non-hydrogen) atoms. The molecule has 3 aliphatic heterocycles. The van der Waals surface area contributed by atoms with Crippen LogP contribution < -0.4 is 20.6 Å². The third-order valence-electron chi connectivity index (χ3n) is 7.34. The molecular weight excluding hydrogens is 424 g/mol. The number of nitrogens with zero attached hydrogens (tertiary/aromatic N) is 1. The summed E-state index contributed by atoms with van der Waals surface area (Å²) in [5.41, 5.74) is 7.79. The second kappa shape index (κ2) is 8.60. The SMILES string of the molecule is Clc1ccc2[nH]cc(CCC3c4cc5c(cc4CCN3CC3CCNCC3)ONO5)c2c1. The van der Waals surface area contributed by atoms with Crippen molar-refractivity contribution >= 4 is 22.5 Å². The van der Waals surface area contributed by atoms with Crippen LogP contribution in [0.2, 0.25) is 5.02 Å². The number of fused-ring (bicyclic) bond motifs is 3. The van der Waals surface area contributed by atoms with Gasteiger partial charge in [-0.05, 0) is 98.1 Å². The Kier molecular flexibility index (Phi) is 5.47. The summed E-state index contributed by atoms with van der Waals surface area (Å²) < 4.78 is 0. The van der Waals surface area contributed by atoms with Crippen LogP contribution in [-0.2, 0) is 12.8 Å². The van der Waals surface area contributed by atoms with E-state index in [2.05, 4.69) is 51.3 Å². The van der Waals surface area contributed by atoms with Gasteiger partial charge in [0.25, 0.3) is 0 Å². The predicted molar refractivity (Wildman–Crippen MR) is 126 cm³/mol. The molecule has 4 heterocycles. The van der Waals surface area contributed by atoms with E-state index in [1.54, 1.807) is 0 Å². The van der Waals surface area contributed by atoms with Crippen LogP contribution in [0.15, 0.2) is 36.5 Å². The number of benzene rings is 2. The van der Waals surface area contributed by atoms with Crippen LogP contribution in [0.1, 0.15) is 42.0 Å². The van der Waals surface area contributed by atoms with Gasteiger partial charge in [0.15, 0.2) is 11.5 Å². The quantitative estimate of drug-likeness (QED) is 0.530. The Morgan fingerprint density at radius 3 is 2.78 bits per heavy atom. The van der Waals surface area contributed by atoms with Crippen molar-refractivity contribution in [3.05, 3.63) is 58.2 Å². The van der Waals surface area contributed by atoms with Crippen molar-refractivity contribution in [3.63, 3.8) is 0 Å². The van der Waals surface area contributed by atoms with Gasteiger partial charge >= 0.3 is 0 Å². The monoisotopic (exact) mass is 452 g/mol. The van der Waals surface area contributed by atoms with Gasteiger partial charge in [0, 0.05) is 46.9 Å². The number of aromatic nitrogens is 1. The first-order chi connectivity index (χ1) is 15.7. The van der Waals surface area contributed by atoms with E-state index < -0.39 is 0 Å². The van der Waals surface area contributed by atoms with E-state index in [0.29, 0.717) is 6.04 Å². The molecule has 0 radical (unpaired) electrons. The van der Waals surface area contributed by atoms with Gasteiger partial charge in [-0.3, -0.25) is 4.90 Å². The number of aryl methyl sites for hydroxylation is 1. The van der Waals surface area contributed by atoms with Crippen molar-refractivity contribution < 1.29 is 9.68 Å². The molecule has 0 aliphatic carbocycles. The van der Waals surface area contributed by atoms with E-state index in [4.69, 9.17) is 21.3 Å². The highest BCUT2D eigenvalue weighted by Crippen LogP contribution is 2.42. The molecule has 168 valence electrons. The van der Waals surface area contributed by atoms with E-state index in [0.717, 1.165) is 73.4 Å². The van der Waals surface area contributed by atoms with Crippen molar-refractivity contribution in [1.29, 1.82) is 0 Å². The molecule has 1 unspecified atom stereocenters. The van der Waals surface area contributed by atoms with Crippen molar-refractivity contribution in [2.75, 3.05) is 26.2 Å². The molecule has 3 aromatic rings. The minimum absolute atomic E-state index is 0.368. The van der Waals surface area contributed by atoms with Crippen molar-refractivity contribution in [2.24, 2.45) is 5.92 Å². The van der Waals surface area contributed by atoms with Crippen LogP contribution in [0.5, 0.6) is 11.5 Å². The molecule has 7 heteroatoms. The van der Waals surface area contributed by atoms with Gasteiger partial charge in [0.05, 0.1) is 0 Å². The Balaban J connectivity index is 1.29. The maximum atomic E-state index is 6.29. The smallest absolute Gasteiger partial charge is 0.196 e. The zero-order chi connectivity index (χ0) is 21.5. The van der Waals surface area contributed by atoms with Gasteiger partial charge in [-0.15, -0.1) is 0 Å². The number of H-pyrrole nitrogens is 1. The molecule has 1 atom stereocenters. The van der Waals surface area contributed by atoms with E-state index in [1.807, 2.05) is 6.07 Å². The lowest BCUT2D eigenvalue weighted by atomic mass is 9.86. The van der Waals surface area contributed by atoms with E-state index >= 15 is 0 Å². The maximum absolute atomic E-state index is 6.29. The number of rotatable bonds is 5. The van der Waals surface area contributed by atoms with Crippen molar-refractivity contribution in [1.82, 2.24) is 20.8 Å². The van der Waals surface area contributed by atoms with Gasteiger partial charge in [-0.1, -0.05) is 11.6 Å². The zero-order valence-electron chi connectivity index (χ0n) is 18.1. The number of piperidine rings is 1. The summed E-state index contributed by atoms with van der Waals surface area (Å²) in [6.45, 7) is 4.53. The Labute approximate surface area is 193 Å². The largest absolute Gasteiger partial charge is 0.370 e. The fourth-order valence-electron chi connectivity index (χ4n) is 5.63. The normalized spacial score (nSPS) is 21.2. The summed E-state index contributed by atoms with van der Waals surface area (Å²) >= 11 is 6.29. The molecule has 1 fully saturated rings. The lowest BCUT2D eigenvalue weighted by molar-refractivity contribution is 0.0259. The summed E-state index contributed by atoms with van der Waals surface area (Å²) in [4.78, 5) is 17.0. The second-order valence-electron chi connectivity index (χ2n) is 9.28. The van der Waals surface area contributed by atoms with E-state index in [9.17, 15) is 0 Å². The third kappa shape index (κ3) is 3.86. The molecule has 0 amide bonds. The number of halogens is 1. The van der Waals surface area contributed by atoms with Gasteiger partial charge < -0.3 is 20.0 Å². The van der Waals surface area contributed by atoms with Crippen LogP contribution in [0, 0.1) is 5.92 Å². The Hall–Kier alpha value is -2.25. The van der Waals surface area contributed by atoms with Crippen molar-refractivity contribution in [3.8, 4) is 11.5 Å². The van der Waals surface area contributed by atoms with E-state index in [1.165, 1.54) is 34.9 Å². The van der Waals surface area contributed by atoms with Crippen molar-refractivity contribution in [2.45, 2.75) is 38.1 Å². The van der Waals surface area contributed by atoms with E-state index in [-0.39, 0.29) is 0 Å². The Morgan fingerprint density at radius 2 is 1.91 bits per heavy atom. The highest BCUT2D eigenvalue weighted by Gasteiger charge is 2.32. The average Bonchev–Trinajstić information content (AvgIpc) is 3.44. The van der Waals surface area contributed by atoms with Crippen LogP contribution in [0.4, 0.5) is 0 Å². The molecule has 1 aromatic heterocycles. The Bertz CT molecular complexity index is 1120. The minimum Gasteiger partial charge on any atom is -0.370 e. The van der Waals surface area contributed by atoms with Gasteiger partial charge in [0.1, 0.15) is 0 Å². The fraction of sp³-hybridized carbons (Fsp3) is 0.440. The third-order valence-corrected chi connectivity index (χ3v) is 7.58. The Morgan fingerprint density at radius 1 is 1.06 bits per heavy atom. The molecule has 1 saturated heterocycles. The lowest BCUT2D eigenvalue weighted by Crippen LogP contribution is -2.41. The fourth-order valence-corrected chi connectivity index (χ4v) is 5.81. The van der Waals surface area contributed by atoms with Crippen LogP contribution in [0.25, 0.3) is 10.9 Å². The summed E-state index contributed by atoms with van der Waals surface area (Å²) in [5.74, 6) is 2.35. The molecule has 3 aliphatic rings. The second-order valence-corrected chi connectivity index (χ2v) is 9.72. The molecule has 0 saturated carbocycles. The van der Waals surface area contributed by atoms with Gasteiger partial charge in [-0.2, -0.15) is 0 Å². The maximum Gasteiger partial charge on any atom is 0.196 e. The number of hydrogen-bond acceptors (Lipinski definition) is 5. The van der Waals surface area contributed by atoms with Crippen LogP contribution in [-0.4, -0.2) is 36.1 Å². The van der Waals surface area contributed by atoms with Crippen LogP contribution in [0.3, 0.4) is 0 Å². The first kappa shape index (κ1) is 20.4. The first-order valence-corrected chi connectivity index (χ1v) is 12.1. The highest BCUT2D eigenvalue weighted by atomic mass is 35.5. The topological polar surface area (TPSA) is 61.6 Å². The molecule has 3 N–H and O–H groups in total. The molecular formula is C25H29ClN4O2. The highest BCUT2D eigenvalue weighted by molar-refractivity contribution is 6.31. The molecule has 2 aromatic carbocycles. The molecule has 6 nitrogen and oxygen atoms in total. The number of aromatic amines is 1. The summed E-state index contributed by atoms with van der Waals surface area (Å²) in [5, 5.41) is 5.52.